The quantitative estimate of drug-likeness (QED) is 0.721. The van der Waals surface area contributed by atoms with E-state index in [0.29, 0.717) is 6.04 Å². The number of aromatic nitrogens is 1. The smallest absolute Gasteiger partial charge is 0.0589 e. The lowest BCUT2D eigenvalue weighted by molar-refractivity contribution is 0.0346. The predicted octanol–water partition coefficient (Wildman–Crippen LogP) is 1.59. The minimum Gasteiger partial charge on any atom is -0.383 e. The Morgan fingerprint density at radius 3 is 2.90 bits per heavy atom. The van der Waals surface area contributed by atoms with Crippen LogP contribution in [-0.2, 0) is 11.2 Å². The molecule has 1 saturated heterocycles. The molecular weight excluding hydrogens is 250 g/mol. The Labute approximate surface area is 122 Å². The second kappa shape index (κ2) is 7.72. The van der Waals surface area contributed by atoms with Crippen molar-refractivity contribution in [1.29, 1.82) is 0 Å². The standard InChI is InChI=1S/C16H27N3O/c1-14-6-4-7-15(17-14)8-5-9-19-12-16(13-19)18(2)10-11-20-3/h4,6-7,16H,5,8-13H2,1-3H3. The molecule has 4 heteroatoms. The average molecular weight is 277 g/mol. The highest BCUT2D eigenvalue weighted by atomic mass is 16.5. The molecule has 0 amide bonds. The zero-order valence-corrected chi connectivity index (χ0v) is 13.0. The Morgan fingerprint density at radius 2 is 2.20 bits per heavy atom. The van der Waals surface area contributed by atoms with Crippen molar-refractivity contribution in [3.63, 3.8) is 0 Å². The lowest BCUT2D eigenvalue weighted by atomic mass is 10.1. The number of hydrogen-bond donors (Lipinski definition) is 0. The van der Waals surface area contributed by atoms with Crippen molar-refractivity contribution in [2.75, 3.05) is 46.9 Å². The van der Waals surface area contributed by atoms with Gasteiger partial charge in [0.25, 0.3) is 0 Å². The summed E-state index contributed by atoms with van der Waals surface area (Å²) in [6, 6.07) is 6.99. The van der Waals surface area contributed by atoms with E-state index < -0.39 is 0 Å². The van der Waals surface area contributed by atoms with E-state index >= 15 is 0 Å². The third-order valence-corrected chi connectivity index (χ3v) is 4.06. The first-order valence-electron chi connectivity index (χ1n) is 7.53. The van der Waals surface area contributed by atoms with Gasteiger partial charge in [-0.05, 0) is 45.5 Å². The van der Waals surface area contributed by atoms with Gasteiger partial charge in [0.05, 0.1) is 6.61 Å². The first kappa shape index (κ1) is 15.4. The van der Waals surface area contributed by atoms with Crippen LogP contribution in [0.3, 0.4) is 0 Å². The number of hydrogen-bond acceptors (Lipinski definition) is 4. The van der Waals surface area contributed by atoms with Gasteiger partial charge in [-0.15, -0.1) is 0 Å². The summed E-state index contributed by atoms with van der Waals surface area (Å²) in [5.74, 6) is 0. The van der Waals surface area contributed by atoms with E-state index in [1.807, 2.05) is 0 Å². The first-order valence-corrected chi connectivity index (χ1v) is 7.53. The number of ether oxygens (including phenoxy) is 1. The minimum atomic E-state index is 0.710. The largest absolute Gasteiger partial charge is 0.383 e. The maximum absolute atomic E-state index is 5.12. The number of aryl methyl sites for hydroxylation is 2. The molecule has 0 bridgehead atoms. The third kappa shape index (κ3) is 4.54. The average Bonchev–Trinajstić information content (AvgIpc) is 2.38. The lowest BCUT2D eigenvalue weighted by Crippen LogP contribution is -2.58. The number of methoxy groups -OCH3 is 1. The normalized spacial score (nSPS) is 16.6. The van der Waals surface area contributed by atoms with Crippen molar-refractivity contribution in [1.82, 2.24) is 14.8 Å². The minimum absolute atomic E-state index is 0.710. The van der Waals surface area contributed by atoms with E-state index in [9.17, 15) is 0 Å². The Hall–Kier alpha value is -0.970. The molecule has 4 nitrogen and oxygen atoms in total. The topological polar surface area (TPSA) is 28.6 Å². The van der Waals surface area contributed by atoms with Crippen LogP contribution in [0.15, 0.2) is 18.2 Å². The number of likely N-dealkylation sites (N-methyl/N-ethyl adjacent to an activating group) is 1. The van der Waals surface area contributed by atoms with Gasteiger partial charge in [-0.25, -0.2) is 0 Å². The van der Waals surface area contributed by atoms with Gasteiger partial charge in [0.2, 0.25) is 0 Å². The molecule has 0 spiro atoms. The molecule has 0 saturated carbocycles. The molecule has 2 rings (SSSR count). The molecule has 0 radical (unpaired) electrons. The number of rotatable bonds is 8. The summed E-state index contributed by atoms with van der Waals surface area (Å²) in [6.45, 7) is 7.49. The van der Waals surface area contributed by atoms with Crippen LogP contribution in [0.1, 0.15) is 17.8 Å². The summed E-state index contributed by atoms with van der Waals surface area (Å²) >= 11 is 0. The van der Waals surface area contributed by atoms with Gasteiger partial charge in [-0.2, -0.15) is 0 Å². The van der Waals surface area contributed by atoms with Gasteiger partial charge in [0.1, 0.15) is 0 Å². The van der Waals surface area contributed by atoms with Crippen LogP contribution in [0.25, 0.3) is 0 Å². The first-order chi connectivity index (χ1) is 9.69. The number of pyridine rings is 1. The number of nitrogens with zero attached hydrogens (tertiary/aromatic N) is 3. The molecule has 20 heavy (non-hydrogen) atoms. The molecule has 0 aliphatic carbocycles. The summed E-state index contributed by atoms with van der Waals surface area (Å²) in [5.41, 5.74) is 2.34. The molecule has 0 atom stereocenters. The van der Waals surface area contributed by atoms with Crippen molar-refractivity contribution >= 4 is 0 Å². The Bertz CT molecular complexity index is 404. The van der Waals surface area contributed by atoms with E-state index in [1.54, 1.807) is 7.11 Å². The molecule has 1 aromatic rings. The monoisotopic (exact) mass is 277 g/mol. The van der Waals surface area contributed by atoms with Crippen LogP contribution in [0.5, 0.6) is 0 Å². The van der Waals surface area contributed by atoms with E-state index in [0.717, 1.165) is 25.3 Å². The summed E-state index contributed by atoms with van der Waals surface area (Å²) in [4.78, 5) is 9.49. The molecule has 2 heterocycles. The van der Waals surface area contributed by atoms with Gasteiger partial charge in [0, 0.05) is 44.2 Å². The van der Waals surface area contributed by atoms with Crippen molar-refractivity contribution in [3.8, 4) is 0 Å². The SMILES string of the molecule is COCCN(C)C1CN(CCCc2cccc(C)n2)C1. The van der Waals surface area contributed by atoms with Gasteiger partial charge in [0.15, 0.2) is 0 Å². The van der Waals surface area contributed by atoms with E-state index in [4.69, 9.17) is 4.74 Å². The second-order valence-electron chi connectivity index (χ2n) is 5.76. The van der Waals surface area contributed by atoms with Crippen molar-refractivity contribution < 1.29 is 4.74 Å². The van der Waals surface area contributed by atoms with Crippen LogP contribution >= 0.6 is 0 Å². The van der Waals surface area contributed by atoms with Crippen LogP contribution in [0.4, 0.5) is 0 Å². The molecule has 1 fully saturated rings. The van der Waals surface area contributed by atoms with Gasteiger partial charge in [-0.3, -0.25) is 9.88 Å². The number of likely N-dealkylation sites (tertiary alicyclic amines) is 1. The van der Waals surface area contributed by atoms with Gasteiger partial charge < -0.3 is 9.64 Å². The fourth-order valence-corrected chi connectivity index (χ4v) is 2.64. The molecule has 0 aromatic carbocycles. The van der Waals surface area contributed by atoms with Crippen LogP contribution in [0.2, 0.25) is 0 Å². The highest BCUT2D eigenvalue weighted by molar-refractivity contribution is 5.09. The molecule has 1 aromatic heterocycles. The maximum Gasteiger partial charge on any atom is 0.0589 e. The van der Waals surface area contributed by atoms with Crippen molar-refractivity contribution in [3.05, 3.63) is 29.6 Å². The van der Waals surface area contributed by atoms with Crippen LogP contribution < -0.4 is 0 Å². The fraction of sp³-hybridized carbons (Fsp3) is 0.688. The van der Waals surface area contributed by atoms with Crippen LogP contribution in [0, 0.1) is 6.92 Å². The Kier molecular flexibility index (Phi) is 5.95. The molecular formula is C16H27N3O. The predicted molar refractivity (Wildman–Crippen MR) is 82.0 cm³/mol. The summed E-state index contributed by atoms with van der Waals surface area (Å²) < 4.78 is 5.12. The molecule has 1 aliphatic heterocycles. The zero-order chi connectivity index (χ0) is 14.4. The highest BCUT2D eigenvalue weighted by Crippen LogP contribution is 2.14. The molecule has 0 N–H and O–H groups in total. The van der Waals surface area contributed by atoms with E-state index in [1.165, 1.54) is 31.7 Å². The van der Waals surface area contributed by atoms with E-state index in [2.05, 4.69) is 47.0 Å². The van der Waals surface area contributed by atoms with Crippen molar-refractivity contribution in [2.45, 2.75) is 25.8 Å². The third-order valence-electron chi connectivity index (χ3n) is 4.06. The summed E-state index contributed by atoms with van der Waals surface area (Å²) in [7, 11) is 3.96. The summed E-state index contributed by atoms with van der Waals surface area (Å²) in [5, 5.41) is 0. The maximum atomic E-state index is 5.12. The fourth-order valence-electron chi connectivity index (χ4n) is 2.64. The molecule has 1 aliphatic rings. The Morgan fingerprint density at radius 1 is 1.40 bits per heavy atom. The summed E-state index contributed by atoms with van der Waals surface area (Å²) in [6.07, 6.45) is 2.29. The van der Waals surface area contributed by atoms with Gasteiger partial charge in [-0.1, -0.05) is 6.07 Å². The molecule has 112 valence electrons. The lowest BCUT2D eigenvalue weighted by Gasteiger charge is -2.44. The molecule has 0 unspecified atom stereocenters. The zero-order valence-electron chi connectivity index (χ0n) is 13.0. The van der Waals surface area contributed by atoms with E-state index in [-0.39, 0.29) is 0 Å². The van der Waals surface area contributed by atoms with Crippen molar-refractivity contribution in [2.24, 2.45) is 0 Å². The van der Waals surface area contributed by atoms with Gasteiger partial charge >= 0.3 is 0 Å². The highest BCUT2D eigenvalue weighted by Gasteiger charge is 2.28. The second-order valence-corrected chi connectivity index (χ2v) is 5.76. The van der Waals surface area contributed by atoms with Crippen LogP contribution in [-0.4, -0.2) is 67.8 Å². The Balaban J connectivity index is 1.59.